The molecule has 0 aliphatic rings. The van der Waals surface area contributed by atoms with E-state index in [4.69, 9.17) is 14.2 Å². The van der Waals surface area contributed by atoms with Crippen molar-refractivity contribution in [3.63, 3.8) is 0 Å². The van der Waals surface area contributed by atoms with Gasteiger partial charge in [-0.2, -0.15) is 0 Å². The van der Waals surface area contributed by atoms with Gasteiger partial charge in [-0.25, -0.2) is 14.6 Å². The molecule has 1 aromatic heterocycles. The number of carbonyl (C=O) groups is 4. The van der Waals surface area contributed by atoms with Crippen LogP contribution in [0, 0.1) is 5.92 Å². The van der Waals surface area contributed by atoms with Crippen LogP contribution in [0.1, 0.15) is 82.1 Å². The molecule has 0 unspecified atom stereocenters. The van der Waals surface area contributed by atoms with Crippen molar-refractivity contribution in [2.45, 2.75) is 85.1 Å². The molecule has 10 nitrogen and oxygen atoms in total. The number of nitrogens with one attached hydrogen (secondary N) is 1. The number of nitrogens with zero attached hydrogens (tertiary/aromatic N) is 2. The van der Waals surface area contributed by atoms with E-state index in [2.05, 4.69) is 16.9 Å². The van der Waals surface area contributed by atoms with Crippen molar-refractivity contribution in [2.24, 2.45) is 5.92 Å². The van der Waals surface area contributed by atoms with Crippen LogP contribution >= 0.6 is 11.3 Å². The Kier molecular flexibility index (Phi) is 13.8. The molecule has 3 atom stereocenters. The van der Waals surface area contributed by atoms with Gasteiger partial charge in [0.2, 0.25) is 0 Å². The molecule has 1 N–H and O–H groups in total. The minimum atomic E-state index is -0.793. The lowest BCUT2D eigenvalue weighted by atomic mass is 9.96. The van der Waals surface area contributed by atoms with Crippen LogP contribution in [0.2, 0.25) is 0 Å². The lowest BCUT2D eigenvalue weighted by molar-refractivity contribution is -0.148. The zero-order valence-electron chi connectivity index (χ0n) is 26.9. The molecule has 0 bridgehead atoms. The van der Waals surface area contributed by atoms with Gasteiger partial charge in [-0.1, -0.05) is 62.9 Å². The van der Waals surface area contributed by atoms with Crippen molar-refractivity contribution in [3.8, 4) is 0 Å². The molecule has 2 amide bonds. The van der Waals surface area contributed by atoms with Crippen LogP contribution in [0.4, 0.5) is 4.79 Å². The zero-order valence-corrected chi connectivity index (χ0v) is 27.7. The molecule has 0 fully saturated rings. The number of rotatable bonds is 14. The summed E-state index contributed by atoms with van der Waals surface area (Å²) in [5, 5.41) is 4.97. The minimum absolute atomic E-state index is 0.000231. The van der Waals surface area contributed by atoms with Gasteiger partial charge in [-0.05, 0) is 45.6 Å². The quantitative estimate of drug-likeness (QED) is 0.116. The van der Waals surface area contributed by atoms with E-state index in [9.17, 15) is 19.2 Å². The summed E-state index contributed by atoms with van der Waals surface area (Å²) in [4.78, 5) is 56.7. The molecule has 0 saturated carbocycles. The highest BCUT2D eigenvalue weighted by atomic mass is 32.1. The molecule has 2 rings (SSSR count). The number of aromatic nitrogens is 1. The summed E-state index contributed by atoms with van der Waals surface area (Å²) in [6.45, 7) is 15.9. The van der Waals surface area contributed by atoms with Crippen LogP contribution in [0.5, 0.6) is 0 Å². The number of esters is 2. The first-order valence-corrected chi connectivity index (χ1v) is 15.4. The second-order valence-electron chi connectivity index (χ2n) is 11.8. The van der Waals surface area contributed by atoms with E-state index in [-0.39, 0.29) is 30.7 Å². The van der Waals surface area contributed by atoms with Crippen LogP contribution in [0.25, 0.3) is 0 Å². The summed E-state index contributed by atoms with van der Waals surface area (Å²) in [6, 6.07) is 8.68. The second-order valence-corrected chi connectivity index (χ2v) is 12.7. The number of hydrogen-bond acceptors (Lipinski definition) is 9. The van der Waals surface area contributed by atoms with E-state index in [1.54, 1.807) is 46.2 Å². The Hall–Kier alpha value is -3.99. The summed E-state index contributed by atoms with van der Waals surface area (Å²) in [5.74, 6) is -1.47. The van der Waals surface area contributed by atoms with Crippen LogP contribution in [0.3, 0.4) is 0 Å². The Morgan fingerprint density at radius 3 is 2.34 bits per heavy atom. The molecular weight excluding hydrogens is 582 g/mol. The monoisotopic (exact) mass is 627 g/mol. The Bertz CT molecular complexity index is 1310. The van der Waals surface area contributed by atoms with Crippen molar-refractivity contribution in [1.82, 2.24) is 15.2 Å². The highest BCUT2D eigenvalue weighted by Crippen LogP contribution is 2.31. The molecule has 1 aromatic carbocycles. The third kappa shape index (κ3) is 11.9. The molecule has 240 valence electrons. The predicted octanol–water partition coefficient (Wildman–Crippen LogP) is 6.05. The first-order chi connectivity index (χ1) is 20.6. The van der Waals surface area contributed by atoms with E-state index in [1.807, 2.05) is 44.2 Å². The molecule has 0 radical (unpaired) electrons. The maximum Gasteiger partial charge on any atom is 0.410 e. The normalized spacial score (nSPS) is 13.8. The lowest BCUT2D eigenvalue weighted by Crippen LogP contribution is -2.44. The summed E-state index contributed by atoms with van der Waals surface area (Å²) >= 11 is 1.19. The smallest absolute Gasteiger partial charge is 0.410 e. The lowest BCUT2D eigenvalue weighted by Gasteiger charge is -2.34. The summed E-state index contributed by atoms with van der Waals surface area (Å²) in [5.41, 5.74) is 0.777. The van der Waals surface area contributed by atoms with Crippen molar-refractivity contribution in [3.05, 3.63) is 76.3 Å². The van der Waals surface area contributed by atoms with Crippen LogP contribution in [0.15, 0.2) is 60.0 Å². The first kappa shape index (κ1) is 36.2. The fourth-order valence-electron chi connectivity index (χ4n) is 4.39. The third-order valence-electron chi connectivity index (χ3n) is 6.46. The van der Waals surface area contributed by atoms with Gasteiger partial charge in [0, 0.05) is 37.4 Å². The van der Waals surface area contributed by atoms with Gasteiger partial charge in [0.1, 0.15) is 22.9 Å². The molecule has 0 spiro atoms. The Morgan fingerprint density at radius 1 is 1.11 bits per heavy atom. The van der Waals surface area contributed by atoms with Gasteiger partial charge in [0.15, 0.2) is 6.10 Å². The zero-order chi connectivity index (χ0) is 33.0. The van der Waals surface area contributed by atoms with Crippen LogP contribution in [-0.2, 0) is 30.2 Å². The van der Waals surface area contributed by atoms with Gasteiger partial charge in [-0.3, -0.25) is 9.59 Å². The predicted molar refractivity (Wildman–Crippen MR) is 170 cm³/mol. The highest BCUT2D eigenvalue weighted by Gasteiger charge is 2.32. The van der Waals surface area contributed by atoms with Crippen LogP contribution < -0.4 is 5.32 Å². The molecule has 0 saturated heterocycles. The summed E-state index contributed by atoms with van der Waals surface area (Å²) < 4.78 is 16.3. The third-order valence-corrected chi connectivity index (χ3v) is 7.40. The SMILES string of the molecule is C=CCOC(=O)/C(C)=C/[C@H](Cc1ccccc1)NC(=O)c1csc([C@@H](C[C@H](C(C)C)N(C)C(=O)OC(C)(C)C)OC(C)=O)n1. The van der Waals surface area contributed by atoms with Crippen LogP contribution in [-0.4, -0.2) is 65.2 Å². The minimum Gasteiger partial charge on any atom is -0.458 e. The topological polar surface area (TPSA) is 124 Å². The number of ether oxygens (including phenoxy) is 3. The van der Waals surface area contributed by atoms with E-state index >= 15 is 0 Å². The number of benzene rings is 1. The summed E-state index contributed by atoms with van der Waals surface area (Å²) in [7, 11) is 1.65. The molecule has 0 aliphatic carbocycles. The fraction of sp³-hybridized carbons (Fsp3) is 0.485. The molecule has 44 heavy (non-hydrogen) atoms. The van der Waals surface area contributed by atoms with Gasteiger partial charge in [0.05, 0.1) is 6.04 Å². The number of hydrogen-bond donors (Lipinski definition) is 1. The van der Waals surface area contributed by atoms with Crippen molar-refractivity contribution >= 4 is 35.3 Å². The Morgan fingerprint density at radius 2 is 1.77 bits per heavy atom. The van der Waals surface area contributed by atoms with E-state index in [0.29, 0.717) is 17.0 Å². The molecular formula is C33H45N3O7S. The summed E-state index contributed by atoms with van der Waals surface area (Å²) in [6.07, 6.45) is 2.55. The maximum absolute atomic E-state index is 13.4. The maximum atomic E-state index is 13.4. The standard InChI is InChI=1S/C33H45N3O7S/c1-10-16-41-31(39)22(4)17-25(18-24-14-12-11-13-15-24)34-29(38)26-20-44-30(35-26)28(42-23(5)37)19-27(21(2)3)36(9)32(40)43-33(6,7)8/h10-15,17,20-21,25,27-28H,1,16,18-19H2,2-9H3,(H,34,38)/b22-17+/t25-,27-,28-/m1/s1. The first-order valence-electron chi connectivity index (χ1n) is 14.5. The van der Waals surface area contributed by atoms with E-state index < -0.39 is 41.7 Å². The Labute approximate surface area is 264 Å². The van der Waals surface area contributed by atoms with Crippen molar-refractivity contribution < 1.29 is 33.4 Å². The largest absolute Gasteiger partial charge is 0.458 e. The average Bonchev–Trinajstić information content (AvgIpc) is 3.43. The van der Waals surface area contributed by atoms with Gasteiger partial charge >= 0.3 is 18.0 Å². The van der Waals surface area contributed by atoms with E-state index in [1.165, 1.54) is 29.2 Å². The number of thiazole rings is 1. The second kappa shape index (κ2) is 16.7. The van der Waals surface area contributed by atoms with Gasteiger partial charge in [-0.15, -0.1) is 11.3 Å². The molecule has 11 heteroatoms. The Balaban J connectivity index is 2.30. The van der Waals surface area contributed by atoms with E-state index in [0.717, 1.165) is 5.56 Å². The molecule has 1 heterocycles. The number of amides is 2. The number of carbonyl (C=O) groups excluding carboxylic acids is 4. The van der Waals surface area contributed by atoms with Gasteiger partial charge < -0.3 is 24.4 Å². The van der Waals surface area contributed by atoms with Crippen molar-refractivity contribution in [2.75, 3.05) is 13.7 Å². The van der Waals surface area contributed by atoms with Crippen molar-refractivity contribution in [1.29, 1.82) is 0 Å². The van der Waals surface area contributed by atoms with Gasteiger partial charge in [0.25, 0.3) is 5.91 Å². The molecule has 0 aliphatic heterocycles. The average molecular weight is 628 g/mol. The molecule has 2 aromatic rings. The fourth-order valence-corrected chi connectivity index (χ4v) is 5.23. The highest BCUT2D eigenvalue weighted by molar-refractivity contribution is 7.09.